The SMILES string of the molecule is CCN(c1nc(OCC(F)(F)C(F)(F)C(F)(F)C(F)(F)F)nc(OCC(F)(F)C(F)(F)C(F)(F)C(F)(F)F)n1)C12CC3CC(C1)CC(N(CC)c1nc(OCC(F)(F)C(F)(F)C(F)(F)C(F)(F)F)nc(OCC(F)(F)C(F)(F)C(F)(F)C(F)(F)F)n1)(C3)C2. The van der Waals surface area contributed by atoms with E-state index in [1.54, 1.807) is 0 Å². The summed E-state index contributed by atoms with van der Waals surface area (Å²) in [7, 11) is 0. The molecule has 0 atom stereocenters. The third-order valence-electron chi connectivity index (χ3n) is 13.8. The van der Waals surface area contributed by atoms with Crippen molar-refractivity contribution >= 4 is 11.9 Å². The molecule has 4 bridgehead atoms. The molecule has 508 valence electrons. The maximum Gasteiger partial charge on any atom is 0.460 e. The zero-order valence-electron chi connectivity index (χ0n) is 42.5. The first-order valence-electron chi connectivity index (χ1n) is 23.4. The van der Waals surface area contributed by atoms with Crippen LogP contribution in [0.2, 0.25) is 0 Å². The molecule has 0 N–H and O–H groups in total. The summed E-state index contributed by atoms with van der Waals surface area (Å²) in [6, 6.07) is -8.74. The number of alkyl halides is 36. The molecule has 0 radical (unpaired) electrons. The number of halogens is 36. The van der Waals surface area contributed by atoms with Crippen LogP contribution in [0, 0.1) is 11.8 Å². The van der Waals surface area contributed by atoms with E-state index >= 15 is 0 Å². The van der Waals surface area contributed by atoms with Crippen LogP contribution >= 0.6 is 0 Å². The standard InChI is InChI=1S/C40H32F36N8O4/c1-3-83(17-77-19(85-11-25(41,42)29(49,50)33(57,58)37(65,66)67)81-20(78-17)86-12-26(43,44)30(51,52)34(59,60)38(68,69)70)23-6-15-5-16(7-23)9-24(8-15,10-23)84(4-2)18-79-21(87-13-27(45,46)31(53,54)35(61,62)39(71,72)73)82-22(80-18)88-14-28(47,48)32(55,56)36(63,64)40(74,75)76/h15-16H,3-14H2,1-2H3. The number of nitrogens with zero attached hydrogens (tertiary/aromatic N) is 8. The highest BCUT2D eigenvalue weighted by atomic mass is 19.5. The average molecular weight is 1370 g/mol. The fourth-order valence-electron chi connectivity index (χ4n) is 9.95. The number of anilines is 2. The van der Waals surface area contributed by atoms with Gasteiger partial charge < -0.3 is 28.7 Å². The molecule has 88 heavy (non-hydrogen) atoms. The van der Waals surface area contributed by atoms with Crippen molar-refractivity contribution in [2.45, 2.75) is 159 Å². The van der Waals surface area contributed by atoms with Crippen molar-refractivity contribution < 1.29 is 177 Å². The lowest BCUT2D eigenvalue weighted by Crippen LogP contribution is -2.70. The fraction of sp³-hybridized carbons (Fsp3) is 0.850. The van der Waals surface area contributed by atoms with Crippen molar-refractivity contribution in [1.82, 2.24) is 29.9 Å². The van der Waals surface area contributed by atoms with Crippen LogP contribution in [-0.2, 0) is 0 Å². The van der Waals surface area contributed by atoms with Crippen LogP contribution in [0.5, 0.6) is 24.0 Å². The summed E-state index contributed by atoms with van der Waals surface area (Å²) in [6.45, 7) is -13.3. The molecule has 0 amide bonds. The maximum atomic E-state index is 14.7. The van der Waals surface area contributed by atoms with Gasteiger partial charge in [0.15, 0.2) is 26.4 Å². The Hall–Kier alpha value is -5.70. The smallest absolute Gasteiger partial charge is 0.457 e. The van der Waals surface area contributed by atoms with Gasteiger partial charge >= 0.3 is 120 Å². The average Bonchev–Trinajstić information content (AvgIpc) is 0.849. The molecule has 48 heteroatoms. The molecule has 0 aromatic carbocycles. The normalized spacial score (nSPS) is 21.8. The Morgan fingerprint density at radius 1 is 0.318 bits per heavy atom. The van der Waals surface area contributed by atoms with Crippen molar-refractivity contribution in [3.8, 4) is 24.0 Å². The van der Waals surface area contributed by atoms with Gasteiger partial charge in [-0.1, -0.05) is 0 Å². The van der Waals surface area contributed by atoms with E-state index in [1.165, 1.54) is 0 Å². The van der Waals surface area contributed by atoms with Crippen LogP contribution < -0.4 is 28.7 Å². The Balaban J connectivity index is 1.66. The molecular formula is C40H32F36N8O4. The molecule has 0 saturated heterocycles. The zero-order chi connectivity index (χ0) is 68.3. The van der Waals surface area contributed by atoms with Gasteiger partial charge in [0.25, 0.3) is 0 Å². The molecule has 6 rings (SSSR count). The summed E-state index contributed by atoms with van der Waals surface area (Å²) in [5.41, 5.74) is -3.89. The number of ether oxygens (including phenoxy) is 4. The Morgan fingerprint density at radius 3 is 0.682 bits per heavy atom. The summed E-state index contributed by atoms with van der Waals surface area (Å²) in [6.07, 6.45) is -32.1. The molecule has 12 nitrogen and oxygen atoms in total. The highest BCUT2D eigenvalue weighted by Gasteiger charge is 2.85. The first-order chi connectivity index (χ1) is 39.0. The second kappa shape index (κ2) is 22.0. The summed E-state index contributed by atoms with van der Waals surface area (Å²) >= 11 is 0. The van der Waals surface area contributed by atoms with Gasteiger partial charge in [0.05, 0.1) is 0 Å². The van der Waals surface area contributed by atoms with Gasteiger partial charge in [-0.2, -0.15) is 178 Å². The van der Waals surface area contributed by atoms with E-state index < -0.39 is 201 Å². The Morgan fingerprint density at radius 2 is 0.511 bits per heavy atom. The van der Waals surface area contributed by atoms with E-state index in [9.17, 15) is 158 Å². The van der Waals surface area contributed by atoms with E-state index in [1.807, 2.05) is 0 Å². The van der Waals surface area contributed by atoms with E-state index in [-0.39, 0.29) is 32.1 Å². The van der Waals surface area contributed by atoms with Crippen LogP contribution in [0.4, 0.5) is 170 Å². The number of hydrogen-bond donors (Lipinski definition) is 0. The molecule has 2 aromatic heterocycles. The van der Waals surface area contributed by atoms with Crippen molar-refractivity contribution in [1.29, 1.82) is 0 Å². The second-order valence-electron chi connectivity index (χ2n) is 19.9. The molecule has 0 unspecified atom stereocenters. The quantitative estimate of drug-likeness (QED) is 0.0834. The Labute approximate surface area is 463 Å². The van der Waals surface area contributed by atoms with Gasteiger partial charge in [0, 0.05) is 24.2 Å². The molecule has 2 aromatic rings. The van der Waals surface area contributed by atoms with Crippen molar-refractivity contribution in [3.63, 3.8) is 0 Å². The Bertz CT molecular complexity index is 2470. The minimum absolute atomic E-state index is 0.0217. The van der Waals surface area contributed by atoms with E-state index in [0.29, 0.717) is 0 Å². The van der Waals surface area contributed by atoms with E-state index in [2.05, 4.69) is 48.9 Å². The predicted octanol–water partition coefficient (Wildman–Crippen LogP) is 13.9. The summed E-state index contributed by atoms with van der Waals surface area (Å²) in [5.74, 6) is -92.4. The molecule has 2 heterocycles. The minimum Gasteiger partial charge on any atom is -0.457 e. The van der Waals surface area contributed by atoms with Gasteiger partial charge in [-0.3, -0.25) is 0 Å². The number of rotatable bonds is 26. The van der Waals surface area contributed by atoms with Crippen LogP contribution in [0.25, 0.3) is 0 Å². The summed E-state index contributed by atoms with van der Waals surface area (Å²) < 4.78 is 511. The van der Waals surface area contributed by atoms with Gasteiger partial charge in [-0.05, 0) is 64.2 Å². The van der Waals surface area contributed by atoms with Crippen molar-refractivity contribution in [3.05, 3.63) is 0 Å². The second-order valence-corrected chi connectivity index (χ2v) is 19.9. The minimum atomic E-state index is -7.65. The number of hydrogen-bond acceptors (Lipinski definition) is 12. The highest BCUT2D eigenvalue weighted by molar-refractivity contribution is 5.45. The predicted molar refractivity (Wildman–Crippen MR) is 211 cm³/mol. The molecule has 4 saturated carbocycles. The fourth-order valence-corrected chi connectivity index (χ4v) is 9.95. The van der Waals surface area contributed by atoms with Gasteiger partial charge in [-0.15, -0.1) is 9.97 Å². The van der Waals surface area contributed by atoms with E-state index in [4.69, 9.17) is 0 Å². The lowest BCUT2D eigenvalue weighted by Gasteiger charge is -2.66. The number of aromatic nitrogens is 6. The Kier molecular flexibility index (Phi) is 18.3. The van der Waals surface area contributed by atoms with Gasteiger partial charge in [0.1, 0.15) is 0 Å². The zero-order valence-corrected chi connectivity index (χ0v) is 42.5. The third-order valence-corrected chi connectivity index (χ3v) is 13.8. The molecule has 4 fully saturated rings. The first-order valence-corrected chi connectivity index (χ1v) is 23.4. The topological polar surface area (TPSA) is 121 Å². The molecule has 0 spiro atoms. The summed E-state index contributed by atoms with van der Waals surface area (Å²) in [4.78, 5) is 20.3. The molecule has 4 aliphatic rings. The van der Waals surface area contributed by atoms with Gasteiger partial charge in [-0.25, -0.2) is 0 Å². The lowest BCUT2D eigenvalue weighted by molar-refractivity contribution is -0.398. The third kappa shape index (κ3) is 12.1. The van der Waals surface area contributed by atoms with Crippen LogP contribution in [-0.4, -0.2) is 176 Å². The summed E-state index contributed by atoms with van der Waals surface area (Å²) in [5, 5.41) is 0. The van der Waals surface area contributed by atoms with Gasteiger partial charge in [0.2, 0.25) is 11.9 Å². The van der Waals surface area contributed by atoms with Crippen LogP contribution in [0.15, 0.2) is 0 Å². The monoisotopic (exact) mass is 1370 g/mol. The maximum absolute atomic E-state index is 14.7. The van der Waals surface area contributed by atoms with Crippen molar-refractivity contribution in [2.75, 3.05) is 49.3 Å². The first kappa shape index (κ1) is 73.0. The molecular weight excluding hydrogens is 1340 g/mol. The molecule has 0 aliphatic heterocycles. The molecule has 4 aliphatic carbocycles. The van der Waals surface area contributed by atoms with E-state index in [0.717, 1.165) is 23.6 Å². The van der Waals surface area contributed by atoms with Crippen molar-refractivity contribution in [2.24, 2.45) is 11.8 Å². The lowest BCUT2D eigenvalue weighted by atomic mass is 9.49. The van der Waals surface area contributed by atoms with Crippen LogP contribution in [0.3, 0.4) is 0 Å². The van der Waals surface area contributed by atoms with Crippen LogP contribution in [0.1, 0.15) is 52.4 Å². The highest BCUT2D eigenvalue weighted by Crippen LogP contribution is 2.63. The largest absolute Gasteiger partial charge is 0.460 e.